The van der Waals surface area contributed by atoms with Crippen LogP contribution >= 0.6 is 0 Å². The quantitative estimate of drug-likeness (QED) is 0.657. The van der Waals surface area contributed by atoms with Gasteiger partial charge in [-0.2, -0.15) is 0 Å². The van der Waals surface area contributed by atoms with Gasteiger partial charge in [0.1, 0.15) is 0 Å². The molecule has 0 aliphatic heterocycles. The fourth-order valence-corrected chi connectivity index (χ4v) is 4.60. The Hall–Kier alpha value is -0.0400. The van der Waals surface area contributed by atoms with Crippen molar-refractivity contribution < 1.29 is 5.11 Å². The molecule has 0 spiro atoms. The summed E-state index contributed by atoms with van der Waals surface area (Å²) in [5.41, 5.74) is 0.662. The van der Waals surface area contributed by atoms with Crippen LogP contribution in [0, 0.1) is 23.2 Å². The van der Waals surface area contributed by atoms with Gasteiger partial charge in [0.25, 0.3) is 0 Å². The molecule has 0 amide bonds. The predicted octanol–water partition coefficient (Wildman–Crippen LogP) is 2.58. The van der Waals surface area contributed by atoms with Crippen molar-refractivity contribution in [2.75, 3.05) is 0 Å². The van der Waals surface area contributed by atoms with Gasteiger partial charge in [-0.05, 0) is 55.3 Å². The van der Waals surface area contributed by atoms with Gasteiger partial charge in [0.05, 0.1) is 6.10 Å². The predicted molar refractivity (Wildman–Crippen MR) is 52.3 cm³/mol. The van der Waals surface area contributed by atoms with Gasteiger partial charge < -0.3 is 5.11 Å². The lowest BCUT2D eigenvalue weighted by Crippen LogP contribution is -2.53. The molecule has 74 valence electrons. The van der Waals surface area contributed by atoms with Crippen molar-refractivity contribution in [3.8, 4) is 0 Å². The smallest absolute Gasteiger partial charge is 0.0597 e. The van der Waals surface area contributed by atoms with Gasteiger partial charge in [0.2, 0.25) is 0 Å². The second-order valence-electron chi connectivity index (χ2n) is 5.81. The first-order valence-corrected chi connectivity index (χ1v) is 5.90. The molecule has 0 aromatic carbocycles. The standard InChI is InChI=1S/C12H20O/c1-2-12-5-8-3-9(6-12)11(13)10(4-8)7-12/h8-11,13H,2-7H2,1H3. The van der Waals surface area contributed by atoms with Crippen LogP contribution in [0.5, 0.6) is 0 Å². The lowest BCUT2D eigenvalue weighted by Gasteiger charge is -2.58. The average molecular weight is 180 g/mol. The summed E-state index contributed by atoms with van der Waals surface area (Å²) in [4.78, 5) is 0. The summed E-state index contributed by atoms with van der Waals surface area (Å²) in [5, 5.41) is 10.0. The van der Waals surface area contributed by atoms with Crippen LogP contribution in [0.15, 0.2) is 0 Å². The maximum absolute atomic E-state index is 10.0. The van der Waals surface area contributed by atoms with E-state index in [2.05, 4.69) is 6.92 Å². The van der Waals surface area contributed by atoms with E-state index in [0.717, 1.165) is 5.92 Å². The van der Waals surface area contributed by atoms with E-state index in [1.54, 1.807) is 0 Å². The molecule has 0 heterocycles. The molecule has 0 radical (unpaired) electrons. The molecular weight excluding hydrogens is 160 g/mol. The van der Waals surface area contributed by atoms with Gasteiger partial charge in [-0.15, -0.1) is 0 Å². The van der Waals surface area contributed by atoms with Gasteiger partial charge in [-0.25, -0.2) is 0 Å². The van der Waals surface area contributed by atoms with E-state index in [1.165, 1.54) is 38.5 Å². The van der Waals surface area contributed by atoms with Crippen molar-refractivity contribution >= 4 is 0 Å². The maximum Gasteiger partial charge on any atom is 0.0597 e. The molecule has 4 fully saturated rings. The van der Waals surface area contributed by atoms with E-state index in [1.807, 2.05) is 0 Å². The minimum atomic E-state index is 0.0659. The zero-order valence-electron chi connectivity index (χ0n) is 8.50. The van der Waals surface area contributed by atoms with E-state index in [-0.39, 0.29) is 6.10 Å². The molecule has 4 saturated carbocycles. The van der Waals surface area contributed by atoms with E-state index < -0.39 is 0 Å². The normalized spacial score (nSPS) is 58.6. The van der Waals surface area contributed by atoms with Crippen molar-refractivity contribution in [2.45, 2.75) is 51.6 Å². The number of aliphatic hydroxyl groups excluding tert-OH is 1. The summed E-state index contributed by atoms with van der Waals surface area (Å²) in [6.45, 7) is 2.35. The lowest BCUT2D eigenvalue weighted by molar-refractivity contribution is -0.135. The Morgan fingerprint density at radius 2 is 1.77 bits per heavy atom. The highest BCUT2D eigenvalue weighted by Gasteiger charge is 2.53. The molecule has 1 nitrogen and oxygen atoms in total. The SMILES string of the molecule is CCC12CC3CC(C1)C(O)C(C3)C2. The van der Waals surface area contributed by atoms with E-state index in [0.29, 0.717) is 17.3 Å². The zero-order valence-corrected chi connectivity index (χ0v) is 8.50. The van der Waals surface area contributed by atoms with E-state index in [9.17, 15) is 5.11 Å². The van der Waals surface area contributed by atoms with Gasteiger partial charge in [0, 0.05) is 0 Å². The molecule has 2 unspecified atom stereocenters. The van der Waals surface area contributed by atoms with E-state index in [4.69, 9.17) is 0 Å². The summed E-state index contributed by atoms with van der Waals surface area (Å²) in [6, 6.07) is 0. The highest BCUT2D eigenvalue weighted by Crippen LogP contribution is 2.61. The Morgan fingerprint density at radius 3 is 2.31 bits per heavy atom. The van der Waals surface area contributed by atoms with Crippen molar-refractivity contribution in [1.29, 1.82) is 0 Å². The van der Waals surface area contributed by atoms with Crippen molar-refractivity contribution in [3.63, 3.8) is 0 Å². The summed E-state index contributed by atoms with van der Waals surface area (Å²) < 4.78 is 0. The van der Waals surface area contributed by atoms with Crippen LogP contribution in [0.2, 0.25) is 0 Å². The van der Waals surface area contributed by atoms with Gasteiger partial charge in [0.15, 0.2) is 0 Å². The van der Waals surface area contributed by atoms with Crippen LogP contribution < -0.4 is 0 Å². The highest BCUT2D eigenvalue weighted by molar-refractivity contribution is 5.04. The molecule has 4 aliphatic rings. The Kier molecular flexibility index (Phi) is 1.59. The zero-order chi connectivity index (χ0) is 9.05. The second-order valence-corrected chi connectivity index (χ2v) is 5.81. The van der Waals surface area contributed by atoms with E-state index >= 15 is 0 Å². The third-order valence-electron chi connectivity index (χ3n) is 5.10. The summed E-state index contributed by atoms with van der Waals surface area (Å²) in [7, 11) is 0. The molecule has 4 bridgehead atoms. The molecule has 0 aromatic rings. The molecule has 1 N–H and O–H groups in total. The van der Waals surface area contributed by atoms with Crippen molar-refractivity contribution in [2.24, 2.45) is 23.2 Å². The first-order valence-electron chi connectivity index (χ1n) is 5.90. The van der Waals surface area contributed by atoms with Gasteiger partial charge in [-0.3, -0.25) is 0 Å². The fraction of sp³-hybridized carbons (Fsp3) is 1.00. The maximum atomic E-state index is 10.0. The Labute approximate surface area is 80.5 Å². The van der Waals surface area contributed by atoms with Crippen LogP contribution in [0.1, 0.15) is 45.4 Å². The largest absolute Gasteiger partial charge is 0.393 e. The first-order chi connectivity index (χ1) is 6.22. The summed E-state index contributed by atoms with van der Waals surface area (Å²) >= 11 is 0. The van der Waals surface area contributed by atoms with Gasteiger partial charge in [-0.1, -0.05) is 13.3 Å². The van der Waals surface area contributed by atoms with Crippen molar-refractivity contribution in [3.05, 3.63) is 0 Å². The summed E-state index contributed by atoms with van der Waals surface area (Å²) in [6.07, 6.45) is 8.22. The molecule has 4 rings (SSSR count). The third kappa shape index (κ3) is 1.03. The minimum Gasteiger partial charge on any atom is -0.393 e. The van der Waals surface area contributed by atoms with Crippen LogP contribution in [-0.2, 0) is 0 Å². The molecule has 0 aromatic heterocycles. The molecule has 4 aliphatic carbocycles. The van der Waals surface area contributed by atoms with Crippen LogP contribution in [0.25, 0.3) is 0 Å². The molecular formula is C12H20O. The average Bonchev–Trinajstić information content (AvgIpc) is 2.13. The molecule has 13 heavy (non-hydrogen) atoms. The lowest BCUT2D eigenvalue weighted by atomic mass is 9.48. The Morgan fingerprint density at radius 1 is 1.15 bits per heavy atom. The topological polar surface area (TPSA) is 20.2 Å². The number of aliphatic hydroxyl groups is 1. The van der Waals surface area contributed by atoms with Crippen LogP contribution in [0.3, 0.4) is 0 Å². The summed E-state index contributed by atoms with van der Waals surface area (Å²) in [5.74, 6) is 2.32. The van der Waals surface area contributed by atoms with Crippen LogP contribution in [-0.4, -0.2) is 11.2 Å². The number of rotatable bonds is 1. The van der Waals surface area contributed by atoms with Crippen molar-refractivity contribution in [1.82, 2.24) is 0 Å². The second kappa shape index (κ2) is 2.50. The number of hydrogen-bond acceptors (Lipinski definition) is 1. The molecule has 0 saturated heterocycles. The fourth-order valence-electron chi connectivity index (χ4n) is 4.60. The Bertz CT molecular complexity index is 207. The molecule has 1 heteroatoms. The number of hydrogen-bond donors (Lipinski definition) is 1. The Balaban J connectivity index is 1.92. The highest BCUT2D eigenvalue weighted by atomic mass is 16.3. The third-order valence-corrected chi connectivity index (χ3v) is 5.10. The first kappa shape index (κ1) is 8.28. The monoisotopic (exact) mass is 180 g/mol. The van der Waals surface area contributed by atoms with Crippen LogP contribution in [0.4, 0.5) is 0 Å². The molecule has 2 atom stereocenters. The van der Waals surface area contributed by atoms with Gasteiger partial charge >= 0.3 is 0 Å². The minimum absolute atomic E-state index is 0.0659.